The Morgan fingerprint density at radius 3 is 2.73 bits per heavy atom. The SMILES string of the molecule is CCOc1cccc(C2c3c(-c4ccc(C)cc4)n[nH]c3C(=O)N2CCCn2ccnc2)c1. The van der Waals surface area contributed by atoms with E-state index in [0.717, 1.165) is 41.1 Å². The lowest BCUT2D eigenvalue weighted by atomic mass is 9.95. The number of imidazole rings is 1. The van der Waals surface area contributed by atoms with Gasteiger partial charge in [0.1, 0.15) is 11.4 Å². The van der Waals surface area contributed by atoms with Gasteiger partial charge in [-0.15, -0.1) is 0 Å². The van der Waals surface area contributed by atoms with Crippen molar-refractivity contribution >= 4 is 5.91 Å². The second kappa shape index (κ2) is 8.94. The normalized spacial score (nSPS) is 15.2. The van der Waals surface area contributed by atoms with Gasteiger partial charge in [0.2, 0.25) is 0 Å². The van der Waals surface area contributed by atoms with Crippen molar-refractivity contribution in [1.82, 2.24) is 24.6 Å². The lowest BCUT2D eigenvalue weighted by molar-refractivity contribution is 0.0739. The highest BCUT2D eigenvalue weighted by molar-refractivity contribution is 6.00. The monoisotopic (exact) mass is 441 g/mol. The maximum atomic E-state index is 13.5. The van der Waals surface area contributed by atoms with Crippen molar-refractivity contribution in [3.63, 3.8) is 0 Å². The molecule has 5 rings (SSSR count). The molecule has 3 heterocycles. The molecule has 0 bridgehead atoms. The minimum absolute atomic E-state index is 0.0201. The highest BCUT2D eigenvalue weighted by Gasteiger charge is 2.42. The van der Waals surface area contributed by atoms with Crippen molar-refractivity contribution in [2.75, 3.05) is 13.2 Å². The van der Waals surface area contributed by atoms with Gasteiger partial charge >= 0.3 is 0 Å². The summed E-state index contributed by atoms with van der Waals surface area (Å²) in [6.45, 7) is 6.04. The Balaban J connectivity index is 1.53. The summed E-state index contributed by atoms with van der Waals surface area (Å²) >= 11 is 0. The molecule has 1 unspecified atom stereocenters. The second-order valence-corrected chi connectivity index (χ2v) is 8.29. The fourth-order valence-electron chi connectivity index (χ4n) is 4.49. The predicted molar refractivity (Wildman–Crippen MR) is 126 cm³/mol. The van der Waals surface area contributed by atoms with Crippen molar-refractivity contribution in [3.05, 3.63) is 89.6 Å². The molecule has 1 amide bonds. The molecule has 33 heavy (non-hydrogen) atoms. The van der Waals surface area contributed by atoms with Gasteiger partial charge in [0.15, 0.2) is 0 Å². The van der Waals surface area contributed by atoms with E-state index in [1.54, 1.807) is 12.5 Å². The van der Waals surface area contributed by atoms with Gasteiger partial charge in [-0.2, -0.15) is 5.10 Å². The third-order valence-corrected chi connectivity index (χ3v) is 6.05. The zero-order valence-corrected chi connectivity index (χ0v) is 18.9. The molecule has 1 aliphatic heterocycles. The van der Waals surface area contributed by atoms with E-state index in [0.29, 0.717) is 18.8 Å². The molecule has 0 fully saturated rings. The third kappa shape index (κ3) is 4.02. The van der Waals surface area contributed by atoms with E-state index in [4.69, 9.17) is 4.74 Å². The summed E-state index contributed by atoms with van der Waals surface area (Å²) in [7, 11) is 0. The van der Waals surface area contributed by atoms with Crippen molar-refractivity contribution in [2.45, 2.75) is 32.9 Å². The van der Waals surface area contributed by atoms with E-state index in [9.17, 15) is 4.79 Å². The second-order valence-electron chi connectivity index (χ2n) is 8.29. The molecule has 2 aromatic heterocycles. The number of nitrogens with zero attached hydrogens (tertiary/aromatic N) is 4. The van der Waals surface area contributed by atoms with Crippen LogP contribution in [0, 0.1) is 6.92 Å². The molecule has 0 saturated carbocycles. The van der Waals surface area contributed by atoms with Crippen LogP contribution in [-0.4, -0.2) is 43.7 Å². The van der Waals surface area contributed by atoms with Gasteiger partial charge in [-0.25, -0.2) is 4.98 Å². The van der Waals surface area contributed by atoms with E-state index in [1.165, 1.54) is 5.56 Å². The summed E-state index contributed by atoms with van der Waals surface area (Å²) in [5.41, 5.74) is 5.52. The van der Waals surface area contributed by atoms with Crippen LogP contribution in [0.5, 0.6) is 5.75 Å². The van der Waals surface area contributed by atoms with Crippen molar-refractivity contribution in [3.8, 4) is 17.0 Å². The number of H-pyrrole nitrogens is 1. The molecular weight excluding hydrogens is 414 g/mol. The predicted octanol–water partition coefficient (Wildman–Crippen LogP) is 4.62. The number of amides is 1. The Labute approximate surface area is 193 Å². The Bertz CT molecular complexity index is 1240. The first-order chi connectivity index (χ1) is 16.2. The van der Waals surface area contributed by atoms with Gasteiger partial charge in [0, 0.05) is 36.6 Å². The summed E-state index contributed by atoms with van der Waals surface area (Å²) in [4.78, 5) is 19.5. The number of carbonyl (C=O) groups excluding carboxylic acids is 1. The van der Waals surface area contributed by atoms with Crippen molar-refractivity contribution in [2.24, 2.45) is 0 Å². The highest BCUT2D eigenvalue weighted by atomic mass is 16.5. The minimum Gasteiger partial charge on any atom is -0.494 e. The highest BCUT2D eigenvalue weighted by Crippen LogP contribution is 2.43. The Hall–Kier alpha value is -3.87. The van der Waals surface area contributed by atoms with Gasteiger partial charge in [-0.1, -0.05) is 42.0 Å². The lowest BCUT2D eigenvalue weighted by Gasteiger charge is -2.27. The van der Waals surface area contributed by atoms with Crippen LogP contribution in [0.4, 0.5) is 0 Å². The number of nitrogens with one attached hydrogen (secondary N) is 1. The molecule has 1 N–H and O–H groups in total. The third-order valence-electron chi connectivity index (χ3n) is 6.05. The number of benzene rings is 2. The number of aryl methyl sites for hydroxylation is 2. The number of aromatic nitrogens is 4. The molecule has 1 aliphatic rings. The molecule has 0 aliphatic carbocycles. The molecule has 4 aromatic rings. The number of hydrogen-bond donors (Lipinski definition) is 1. The molecule has 0 spiro atoms. The van der Waals surface area contributed by atoms with Gasteiger partial charge in [-0.3, -0.25) is 9.89 Å². The van der Waals surface area contributed by atoms with Crippen LogP contribution in [0.3, 0.4) is 0 Å². The Morgan fingerprint density at radius 1 is 1.12 bits per heavy atom. The summed E-state index contributed by atoms with van der Waals surface area (Å²) in [5, 5.41) is 7.60. The zero-order valence-electron chi connectivity index (χ0n) is 18.9. The maximum absolute atomic E-state index is 13.5. The molecule has 7 nitrogen and oxygen atoms in total. The van der Waals surface area contributed by atoms with E-state index in [-0.39, 0.29) is 11.9 Å². The van der Waals surface area contributed by atoms with Gasteiger partial charge in [0.05, 0.1) is 24.7 Å². The first kappa shape index (κ1) is 21.0. The van der Waals surface area contributed by atoms with Crippen LogP contribution in [0.2, 0.25) is 0 Å². The van der Waals surface area contributed by atoms with E-state index in [1.807, 2.05) is 40.8 Å². The molecule has 1 atom stereocenters. The molecule has 7 heteroatoms. The van der Waals surface area contributed by atoms with Crippen LogP contribution in [0.25, 0.3) is 11.3 Å². The quantitative estimate of drug-likeness (QED) is 0.433. The largest absolute Gasteiger partial charge is 0.494 e. The van der Waals surface area contributed by atoms with E-state index >= 15 is 0 Å². The average molecular weight is 442 g/mol. The number of rotatable bonds is 8. The lowest BCUT2D eigenvalue weighted by Crippen LogP contribution is -2.31. The van der Waals surface area contributed by atoms with Crippen LogP contribution in [0.15, 0.2) is 67.3 Å². The molecule has 0 radical (unpaired) electrons. The number of carbonyl (C=O) groups is 1. The fraction of sp³-hybridized carbons (Fsp3) is 0.269. The summed E-state index contributed by atoms with van der Waals surface area (Å²) in [6, 6.07) is 16.1. The fourth-order valence-corrected chi connectivity index (χ4v) is 4.49. The van der Waals surface area contributed by atoms with E-state index in [2.05, 4.69) is 52.4 Å². The Kier molecular flexibility index (Phi) is 5.69. The number of hydrogen-bond acceptors (Lipinski definition) is 4. The van der Waals surface area contributed by atoms with E-state index < -0.39 is 0 Å². The number of aromatic amines is 1. The summed E-state index contributed by atoms with van der Waals surface area (Å²) < 4.78 is 7.79. The van der Waals surface area contributed by atoms with Crippen molar-refractivity contribution < 1.29 is 9.53 Å². The van der Waals surface area contributed by atoms with Gasteiger partial charge < -0.3 is 14.2 Å². The van der Waals surface area contributed by atoms with Crippen LogP contribution in [-0.2, 0) is 6.54 Å². The maximum Gasteiger partial charge on any atom is 0.273 e. The zero-order chi connectivity index (χ0) is 22.8. The number of ether oxygens (including phenoxy) is 1. The van der Waals surface area contributed by atoms with Gasteiger partial charge in [-0.05, 0) is 38.0 Å². The summed E-state index contributed by atoms with van der Waals surface area (Å²) in [5.74, 6) is 0.781. The van der Waals surface area contributed by atoms with Crippen molar-refractivity contribution in [1.29, 1.82) is 0 Å². The van der Waals surface area contributed by atoms with Crippen LogP contribution in [0.1, 0.15) is 46.6 Å². The molecular formula is C26H27N5O2. The molecule has 2 aromatic carbocycles. The summed E-state index contributed by atoms with van der Waals surface area (Å²) in [6.07, 6.45) is 6.34. The standard InChI is InChI=1S/C26H27N5O2/c1-3-33-21-7-4-6-20(16-21)25-22-23(19-10-8-18(2)9-11-19)28-29-24(22)26(32)31(25)14-5-13-30-15-12-27-17-30/h4,6-12,15-17,25H,3,5,13-14H2,1-2H3,(H,28,29). The van der Waals surface area contributed by atoms with Gasteiger partial charge in [0.25, 0.3) is 5.91 Å². The Morgan fingerprint density at radius 2 is 1.97 bits per heavy atom. The molecule has 0 saturated heterocycles. The number of fused-ring (bicyclic) bond motifs is 1. The first-order valence-electron chi connectivity index (χ1n) is 11.3. The average Bonchev–Trinajstić information content (AvgIpc) is 3.54. The van der Waals surface area contributed by atoms with Crippen LogP contribution < -0.4 is 4.74 Å². The smallest absolute Gasteiger partial charge is 0.273 e. The first-order valence-corrected chi connectivity index (χ1v) is 11.3. The molecule has 168 valence electrons. The minimum atomic E-state index is -0.231. The van der Waals surface area contributed by atoms with Crippen LogP contribution >= 0.6 is 0 Å². The topological polar surface area (TPSA) is 76.0 Å².